The first-order valence-electron chi connectivity index (χ1n) is 5.83. The number of hydrogen-bond donors (Lipinski definition) is 0. The molecule has 0 aliphatic carbocycles. The second-order valence-corrected chi connectivity index (χ2v) is 4.49. The molecule has 88 valence electrons. The van der Waals surface area contributed by atoms with E-state index in [1.807, 2.05) is 25.1 Å². The van der Waals surface area contributed by atoms with Gasteiger partial charge in [-0.1, -0.05) is 30.3 Å². The van der Waals surface area contributed by atoms with Crippen LogP contribution in [-0.2, 0) is 9.53 Å². The molecule has 1 fully saturated rings. The van der Waals surface area contributed by atoms with E-state index in [-0.39, 0.29) is 18.0 Å². The Morgan fingerprint density at radius 2 is 2.12 bits per heavy atom. The maximum Gasteiger partial charge on any atom is 0.296 e. The molecule has 4 nitrogen and oxygen atoms in total. The molecule has 1 aromatic rings. The molecule has 2 aliphatic heterocycles. The summed E-state index contributed by atoms with van der Waals surface area (Å²) >= 11 is 0. The quantitative estimate of drug-likeness (QED) is 0.738. The van der Waals surface area contributed by atoms with E-state index in [9.17, 15) is 4.79 Å². The van der Waals surface area contributed by atoms with Gasteiger partial charge in [0.25, 0.3) is 11.9 Å². The van der Waals surface area contributed by atoms with Gasteiger partial charge in [0, 0.05) is 12.5 Å². The van der Waals surface area contributed by atoms with Crippen molar-refractivity contribution in [2.45, 2.75) is 25.4 Å². The molecule has 0 bridgehead atoms. The number of ether oxygens (including phenoxy) is 1. The van der Waals surface area contributed by atoms with Gasteiger partial charge in [-0.2, -0.15) is 4.99 Å². The van der Waals surface area contributed by atoms with Crippen LogP contribution in [0.4, 0.5) is 0 Å². The molecule has 0 radical (unpaired) electrons. The molecule has 3 rings (SSSR count). The lowest BCUT2D eigenvalue weighted by molar-refractivity contribution is -0.119. The largest absolute Gasteiger partial charge is 0.462 e. The van der Waals surface area contributed by atoms with Crippen LogP contribution in [0.5, 0.6) is 0 Å². The van der Waals surface area contributed by atoms with Gasteiger partial charge in [0.2, 0.25) is 0 Å². The first kappa shape index (κ1) is 10.3. The monoisotopic (exact) mass is 230 g/mol. The van der Waals surface area contributed by atoms with Crippen molar-refractivity contribution in [3.63, 3.8) is 0 Å². The topological polar surface area (TPSA) is 41.9 Å². The number of aliphatic imine (C=N–C) groups is 1. The van der Waals surface area contributed by atoms with Gasteiger partial charge in [-0.15, -0.1) is 0 Å². The van der Waals surface area contributed by atoms with Crippen LogP contribution in [0.1, 0.15) is 24.9 Å². The average Bonchev–Trinajstić information content (AvgIpc) is 2.74. The number of carbonyl (C=O) groups is 1. The van der Waals surface area contributed by atoms with E-state index in [4.69, 9.17) is 4.74 Å². The third kappa shape index (κ3) is 1.69. The van der Waals surface area contributed by atoms with Crippen molar-refractivity contribution in [2.75, 3.05) is 6.61 Å². The fourth-order valence-corrected chi connectivity index (χ4v) is 2.46. The molecule has 2 atom stereocenters. The highest BCUT2D eigenvalue weighted by molar-refractivity contribution is 5.94. The van der Waals surface area contributed by atoms with Crippen molar-refractivity contribution < 1.29 is 9.53 Å². The maximum absolute atomic E-state index is 11.4. The van der Waals surface area contributed by atoms with Crippen LogP contribution in [0, 0.1) is 0 Å². The Hall–Kier alpha value is -1.84. The highest BCUT2D eigenvalue weighted by Gasteiger charge is 2.39. The van der Waals surface area contributed by atoms with Crippen molar-refractivity contribution in [3.8, 4) is 0 Å². The van der Waals surface area contributed by atoms with E-state index < -0.39 is 0 Å². The Bertz CT molecular complexity index is 470. The van der Waals surface area contributed by atoms with Gasteiger partial charge in [0.05, 0.1) is 6.04 Å². The Morgan fingerprint density at radius 1 is 1.35 bits per heavy atom. The number of benzene rings is 1. The summed E-state index contributed by atoms with van der Waals surface area (Å²) in [6.45, 7) is 2.61. The zero-order chi connectivity index (χ0) is 11.8. The second kappa shape index (κ2) is 3.87. The molecule has 0 spiro atoms. The standard InChI is InChI=1S/C13H14N2O2/c1-9-7-12(16)14-13-15(9)11(8-17-13)10-5-3-2-4-6-10/h2-6,9,11H,7-8H2,1H3. The van der Waals surface area contributed by atoms with Crippen molar-refractivity contribution in [2.24, 2.45) is 4.99 Å². The summed E-state index contributed by atoms with van der Waals surface area (Å²) in [7, 11) is 0. The van der Waals surface area contributed by atoms with Gasteiger partial charge < -0.3 is 9.64 Å². The first-order chi connectivity index (χ1) is 8.25. The zero-order valence-corrected chi connectivity index (χ0v) is 9.67. The molecule has 2 unspecified atom stereocenters. The normalized spacial score (nSPS) is 27.5. The summed E-state index contributed by atoms with van der Waals surface area (Å²) in [5.41, 5.74) is 1.21. The van der Waals surface area contributed by atoms with Gasteiger partial charge in [-0.05, 0) is 12.5 Å². The van der Waals surface area contributed by atoms with Crippen LogP contribution >= 0.6 is 0 Å². The average molecular weight is 230 g/mol. The van der Waals surface area contributed by atoms with E-state index in [0.29, 0.717) is 19.0 Å². The molecule has 2 aliphatic rings. The minimum Gasteiger partial charge on any atom is -0.462 e. The molecule has 4 heteroatoms. The van der Waals surface area contributed by atoms with Crippen LogP contribution in [0.15, 0.2) is 35.3 Å². The number of nitrogens with zero attached hydrogens (tertiary/aromatic N) is 2. The number of hydrogen-bond acceptors (Lipinski definition) is 3. The Morgan fingerprint density at radius 3 is 2.88 bits per heavy atom. The van der Waals surface area contributed by atoms with E-state index in [0.717, 1.165) is 0 Å². The summed E-state index contributed by atoms with van der Waals surface area (Å²) in [5, 5.41) is 0. The Kier molecular flexibility index (Phi) is 2.35. The summed E-state index contributed by atoms with van der Waals surface area (Å²) < 4.78 is 5.52. The van der Waals surface area contributed by atoms with Crippen molar-refractivity contribution in [1.82, 2.24) is 4.90 Å². The third-order valence-electron chi connectivity index (χ3n) is 3.28. The van der Waals surface area contributed by atoms with E-state index >= 15 is 0 Å². The lowest BCUT2D eigenvalue weighted by Crippen LogP contribution is -2.41. The molecule has 0 saturated carbocycles. The van der Waals surface area contributed by atoms with Gasteiger partial charge in [-0.3, -0.25) is 4.79 Å². The summed E-state index contributed by atoms with van der Waals surface area (Å²) in [6, 6.07) is 11.0. The number of amides is 1. The van der Waals surface area contributed by atoms with E-state index in [1.165, 1.54) is 5.56 Å². The van der Waals surface area contributed by atoms with Gasteiger partial charge in [0.1, 0.15) is 6.61 Å². The SMILES string of the molecule is CC1CC(=O)N=C2OCC(c3ccccc3)N21. The fraction of sp³-hybridized carbons (Fsp3) is 0.385. The maximum atomic E-state index is 11.4. The minimum absolute atomic E-state index is 0.0857. The lowest BCUT2D eigenvalue weighted by Gasteiger charge is -2.31. The van der Waals surface area contributed by atoms with Crippen molar-refractivity contribution in [3.05, 3.63) is 35.9 Å². The smallest absolute Gasteiger partial charge is 0.296 e. The minimum atomic E-state index is -0.0857. The lowest BCUT2D eigenvalue weighted by atomic mass is 10.0. The van der Waals surface area contributed by atoms with Gasteiger partial charge >= 0.3 is 0 Å². The number of carbonyl (C=O) groups excluding carboxylic acids is 1. The highest BCUT2D eigenvalue weighted by atomic mass is 16.5. The van der Waals surface area contributed by atoms with Crippen molar-refractivity contribution in [1.29, 1.82) is 0 Å². The molecule has 0 N–H and O–H groups in total. The van der Waals surface area contributed by atoms with Crippen LogP contribution in [0.2, 0.25) is 0 Å². The number of rotatable bonds is 1. The first-order valence-corrected chi connectivity index (χ1v) is 5.83. The number of fused-ring (bicyclic) bond motifs is 1. The van der Waals surface area contributed by atoms with E-state index in [1.54, 1.807) is 0 Å². The van der Waals surface area contributed by atoms with E-state index in [2.05, 4.69) is 22.0 Å². The van der Waals surface area contributed by atoms with Gasteiger partial charge in [-0.25, -0.2) is 0 Å². The molecule has 17 heavy (non-hydrogen) atoms. The predicted octanol–water partition coefficient (Wildman–Crippen LogP) is 1.73. The zero-order valence-electron chi connectivity index (χ0n) is 9.67. The second-order valence-electron chi connectivity index (χ2n) is 4.49. The summed E-state index contributed by atoms with van der Waals surface area (Å²) in [6.07, 6.45) is 0.468. The fourth-order valence-electron chi connectivity index (χ4n) is 2.46. The van der Waals surface area contributed by atoms with Crippen LogP contribution in [-0.4, -0.2) is 29.5 Å². The predicted molar refractivity (Wildman–Crippen MR) is 63.5 cm³/mol. The molecule has 1 amide bonds. The summed E-state index contributed by atoms with van der Waals surface area (Å²) in [5.74, 6) is -0.0857. The molecule has 1 aromatic carbocycles. The highest BCUT2D eigenvalue weighted by Crippen LogP contribution is 2.32. The molecular weight excluding hydrogens is 216 g/mol. The molecule has 1 saturated heterocycles. The van der Waals surface area contributed by atoms with Crippen LogP contribution in [0.3, 0.4) is 0 Å². The van der Waals surface area contributed by atoms with Gasteiger partial charge in [0.15, 0.2) is 0 Å². The number of amidine groups is 1. The Balaban J connectivity index is 1.95. The molecule has 2 heterocycles. The third-order valence-corrected chi connectivity index (χ3v) is 3.28. The Labute approximate surface area is 99.9 Å². The molecule has 0 aromatic heterocycles. The summed E-state index contributed by atoms with van der Waals surface area (Å²) in [4.78, 5) is 17.4. The van der Waals surface area contributed by atoms with Crippen molar-refractivity contribution >= 4 is 11.9 Å². The van der Waals surface area contributed by atoms with Crippen LogP contribution in [0.25, 0.3) is 0 Å². The van der Waals surface area contributed by atoms with Crippen LogP contribution < -0.4 is 0 Å². The molecular formula is C13H14N2O2.